The third-order valence-corrected chi connectivity index (χ3v) is 2.77. The standard InChI is InChI=1S/C13H15N3O/c1-9-8-11(9)13(17)16-12-6-2-4-10(15-12)5-3-7-14/h2,4,6,9,11H,7-8,14H2,1H3,(H,15,16,17). The largest absolute Gasteiger partial charge is 0.320 e. The van der Waals surface area contributed by atoms with Gasteiger partial charge >= 0.3 is 0 Å². The van der Waals surface area contributed by atoms with Crippen molar-refractivity contribution < 1.29 is 4.79 Å². The van der Waals surface area contributed by atoms with Crippen molar-refractivity contribution in [1.82, 2.24) is 4.98 Å². The number of nitrogens with one attached hydrogen (secondary N) is 1. The number of carbonyl (C=O) groups is 1. The van der Waals surface area contributed by atoms with E-state index in [0.29, 0.717) is 24.0 Å². The van der Waals surface area contributed by atoms with Gasteiger partial charge in [-0.25, -0.2) is 4.98 Å². The van der Waals surface area contributed by atoms with Crippen LogP contribution in [0.15, 0.2) is 18.2 Å². The van der Waals surface area contributed by atoms with Gasteiger partial charge in [-0.15, -0.1) is 0 Å². The van der Waals surface area contributed by atoms with Crippen LogP contribution in [-0.4, -0.2) is 17.4 Å². The topological polar surface area (TPSA) is 68.0 Å². The Hall–Kier alpha value is -1.86. The molecule has 2 atom stereocenters. The number of anilines is 1. The molecule has 0 saturated heterocycles. The molecule has 0 bridgehead atoms. The summed E-state index contributed by atoms with van der Waals surface area (Å²) in [5.74, 6) is 6.81. The Bertz CT molecular complexity index is 487. The number of hydrogen-bond donors (Lipinski definition) is 2. The molecular formula is C13H15N3O. The molecule has 0 aliphatic heterocycles. The Kier molecular flexibility index (Phi) is 3.40. The summed E-state index contributed by atoms with van der Waals surface area (Å²) >= 11 is 0. The predicted molar refractivity (Wildman–Crippen MR) is 66.1 cm³/mol. The van der Waals surface area contributed by atoms with Crippen LogP contribution in [0.25, 0.3) is 0 Å². The number of rotatable bonds is 2. The molecule has 17 heavy (non-hydrogen) atoms. The highest BCUT2D eigenvalue weighted by molar-refractivity contribution is 5.93. The monoisotopic (exact) mass is 229 g/mol. The summed E-state index contributed by atoms with van der Waals surface area (Å²) in [5, 5.41) is 2.80. The van der Waals surface area contributed by atoms with Gasteiger partial charge in [-0.1, -0.05) is 18.9 Å². The maximum Gasteiger partial charge on any atom is 0.228 e. The Morgan fingerprint density at radius 2 is 2.41 bits per heavy atom. The second kappa shape index (κ2) is 4.98. The average molecular weight is 229 g/mol. The van der Waals surface area contributed by atoms with Crippen molar-refractivity contribution in [3.8, 4) is 11.8 Å². The SMILES string of the molecule is CC1CC1C(=O)Nc1cccc(C#CCN)n1. The van der Waals surface area contributed by atoms with E-state index in [-0.39, 0.29) is 11.8 Å². The fourth-order valence-corrected chi connectivity index (χ4v) is 1.62. The quantitative estimate of drug-likeness (QED) is 0.743. The minimum absolute atomic E-state index is 0.0499. The number of aromatic nitrogens is 1. The van der Waals surface area contributed by atoms with Gasteiger partial charge in [0.2, 0.25) is 5.91 Å². The number of nitrogens with zero attached hydrogens (tertiary/aromatic N) is 1. The summed E-state index contributed by atoms with van der Waals surface area (Å²) in [6.07, 6.45) is 0.971. The normalized spacial score (nSPS) is 21.3. The van der Waals surface area contributed by atoms with Crippen molar-refractivity contribution in [2.24, 2.45) is 17.6 Å². The highest BCUT2D eigenvalue weighted by Gasteiger charge is 2.39. The maximum atomic E-state index is 11.7. The number of carbonyl (C=O) groups excluding carboxylic acids is 1. The van der Waals surface area contributed by atoms with Gasteiger partial charge in [-0.05, 0) is 30.4 Å². The lowest BCUT2D eigenvalue weighted by Crippen LogP contribution is -2.15. The van der Waals surface area contributed by atoms with Crippen molar-refractivity contribution in [3.05, 3.63) is 23.9 Å². The Morgan fingerprint density at radius 3 is 3.06 bits per heavy atom. The zero-order chi connectivity index (χ0) is 12.3. The molecule has 88 valence electrons. The van der Waals surface area contributed by atoms with Crippen LogP contribution in [0.3, 0.4) is 0 Å². The molecule has 4 heteroatoms. The van der Waals surface area contributed by atoms with E-state index in [1.807, 2.05) is 6.07 Å². The van der Waals surface area contributed by atoms with Crippen molar-refractivity contribution in [2.45, 2.75) is 13.3 Å². The summed E-state index contributed by atoms with van der Waals surface area (Å²) in [6.45, 7) is 2.37. The van der Waals surface area contributed by atoms with E-state index in [2.05, 4.69) is 29.1 Å². The molecular weight excluding hydrogens is 214 g/mol. The molecule has 1 fully saturated rings. The fourth-order valence-electron chi connectivity index (χ4n) is 1.62. The van der Waals surface area contributed by atoms with Crippen LogP contribution in [0.5, 0.6) is 0 Å². The molecule has 1 aliphatic carbocycles. The summed E-state index contributed by atoms with van der Waals surface area (Å²) in [4.78, 5) is 15.9. The molecule has 2 rings (SSSR count). The Morgan fingerprint density at radius 1 is 1.65 bits per heavy atom. The Balaban J connectivity index is 2.03. The first-order valence-corrected chi connectivity index (χ1v) is 5.67. The fraction of sp³-hybridized carbons (Fsp3) is 0.385. The van der Waals surface area contributed by atoms with Crippen molar-refractivity contribution in [2.75, 3.05) is 11.9 Å². The van der Waals surface area contributed by atoms with E-state index < -0.39 is 0 Å². The van der Waals surface area contributed by atoms with Crippen LogP contribution < -0.4 is 11.1 Å². The van der Waals surface area contributed by atoms with E-state index in [0.717, 1.165) is 6.42 Å². The molecule has 1 saturated carbocycles. The van der Waals surface area contributed by atoms with E-state index in [1.54, 1.807) is 12.1 Å². The molecule has 0 spiro atoms. The lowest BCUT2D eigenvalue weighted by molar-refractivity contribution is -0.117. The number of nitrogens with two attached hydrogens (primary N) is 1. The first-order chi connectivity index (χ1) is 8.20. The molecule has 1 amide bonds. The van der Waals surface area contributed by atoms with Gasteiger partial charge in [0.1, 0.15) is 11.5 Å². The van der Waals surface area contributed by atoms with Crippen molar-refractivity contribution in [3.63, 3.8) is 0 Å². The van der Waals surface area contributed by atoms with E-state index >= 15 is 0 Å². The first-order valence-electron chi connectivity index (χ1n) is 5.67. The molecule has 1 aliphatic rings. The van der Waals surface area contributed by atoms with Crippen LogP contribution in [0.2, 0.25) is 0 Å². The molecule has 3 N–H and O–H groups in total. The predicted octanol–water partition coefficient (Wildman–Crippen LogP) is 0.986. The van der Waals surface area contributed by atoms with Gasteiger partial charge in [0, 0.05) is 5.92 Å². The molecule has 1 aromatic heterocycles. The summed E-state index contributed by atoms with van der Waals surface area (Å²) in [7, 11) is 0. The van der Waals surface area contributed by atoms with Gasteiger partial charge in [0.15, 0.2) is 0 Å². The van der Waals surface area contributed by atoms with Gasteiger partial charge in [-0.3, -0.25) is 4.79 Å². The van der Waals surface area contributed by atoms with Crippen LogP contribution in [0.1, 0.15) is 19.0 Å². The molecule has 2 unspecified atom stereocenters. The first kappa shape index (κ1) is 11.6. The second-order valence-electron chi connectivity index (χ2n) is 4.22. The number of hydrogen-bond acceptors (Lipinski definition) is 3. The van der Waals surface area contributed by atoms with Gasteiger partial charge in [0.05, 0.1) is 6.54 Å². The van der Waals surface area contributed by atoms with Crippen LogP contribution >= 0.6 is 0 Å². The summed E-state index contributed by atoms with van der Waals surface area (Å²) in [6, 6.07) is 5.37. The van der Waals surface area contributed by atoms with Gasteiger partial charge in [0.25, 0.3) is 0 Å². The highest BCUT2D eigenvalue weighted by atomic mass is 16.2. The number of pyridine rings is 1. The van der Waals surface area contributed by atoms with E-state index in [4.69, 9.17) is 5.73 Å². The zero-order valence-corrected chi connectivity index (χ0v) is 9.73. The van der Waals surface area contributed by atoms with Crippen LogP contribution in [0, 0.1) is 23.7 Å². The molecule has 0 radical (unpaired) electrons. The van der Waals surface area contributed by atoms with Gasteiger partial charge < -0.3 is 11.1 Å². The minimum Gasteiger partial charge on any atom is -0.320 e. The van der Waals surface area contributed by atoms with Gasteiger partial charge in [-0.2, -0.15) is 0 Å². The molecule has 4 nitrogen and oxygen atoms in total. The van der Waals surface area contributed by atoms with E-state index in [1.165, 1.54) is 0 Å². The van der Waals surface area contributed by atoms with Crippen LogP contribution in [0.4, 0.5) is 5.82 Å². The summed E-state index contributed by atoms with van der Waals surface area (Å²) < 4.78 is 0. The molecule has 1 heterocycles. The van der Waals surface area contributed by atoms with Crippen LogP contribution in [-0.2, 0) is 4.79 Å². The minimum atomic E-state index is 0.0499. The molecule has 0 aromatic carbocycles. The average Bonchev–Trinajstić information content (AvgIpc) is 3.04. The lowest BCUT2D eigenvalue weighted by Gasteiger charge is -2.03. The number of amides is 1. The highest BCUT2D eigenvalue weighted by Crippen LogP contribution is 2.38. The van der Waals surface area contributed by atoms with Crippen molar-refractivity contribution in [1.29, 1.82) is 0 Å². The third-order valence-electron chi connectivity index (χ3n) is 2.77. The molecule has 1 aromatic rings. The Labute approximate surface area is 101 Å². The van der Waals surface area contributed by atoms with E-state index in [9.17, 15) is 4.79 Å². The lowest BCUT2D eigenvalue weighted by atomic mass is 10.3. The maximum absolute atomic E-state index is 11.7. The summed E-state index contributed by atoms with van der Waals surface area (Å²) in [5.41, 5.74) is 5.91. The zero-order valence-electron chi connectivity index (χ0n) is 9.73. The van der Waals surface area contributed by atoms with Crippen molar-refractivity contribution >= 4 is 11.7 Å². The smallest absolute Gasteiger partial charge is 0.228 e. The second-order valence-corrected chi connectivity index (χ2v) is 4.22. The third kappa shape index (κ3) is 3.05.